The van der Waals surface area contributed by atoms with Crippen LogP contribution in [0.25, 0.3) is 0 Å². The van der Waals surface area contributed by atoms with E-state index in [0.717, 1.165) is 0 Å². The van der Waals surface area contributed by atoms with Gasteiger partial charge in [-0.15, -0.1) is 23.5 Å². The number of rotatable bonds is 3. The summed E-state index contributed by atoms with van der Waals surface area (Å²) in [6.45, 7) is 1.07. The van der Waals surface area contributed by atoms with Crippen LogP contribution in [0.1, 0.15) is 39.8 Å². The van der Waals surface area contributed by atoms with Crippen LogP contribution in [0.4, 0.5) is 0 Å². The van der Waals surface area contributed by atoms with Gasteiger partial charge < -0.3 is 10.0 Å². The third-order valence-corrected chi connectivity index (χ3v) is 7.40. The first kappa shape index (κ1) is 16.7. The molecule has 2 heterocycles. The maximum absolute atomic E-state index is 12.5. The number of aliphatic carboxylic acids is 1. The van der Waals surface area contributed by atoms with Crippen LogP contribution >= 0.6 is 23.5 Å². The number of benzene rings is 1. The Morgan fingerprint density at radius 2 is 1.65 bits per heavy atom. The van der Waals surface area contributed by atoms with Crippen LogP contribution in [0.3, 0.4) is 0 Å². The van der Waals surface area contributed by atoms with E-state index in [1.54, 1.807) is 4.90 Å². The molecular weight excluding hydrogens is 330 g/mol. The molecule has 0 atom stereocenters. The van der Waals surface area contributed by atoms with Gasteiger partial charge in [-0.2, -0.15) is 0 Å². The number of amides is 1. The topological polar surface area (TPSA) is 57.6 Å². The zero-order chi connectivity index (χ0) is 16.2. The van der Waals surface area contributed by atoms with Crippen molar-refractivity contribution >= 4 is 35.4 Å². The number of thioether (sulfide) groups is 2. The molecule has 1 amide bonds. The van der Waals surface area contributed by atoms with E-state index in [9.17, 15) is 9.59 Å². The summed E-state index contributed by atoms with van der Waals surface area (Å²) in [4.78, 5) is 25.3. The molecule has 2 aliphatic heterocycles. The largest absolute Gasteiger partial charge is 0.481 e. The minimum atomic E-state index is -0.746. The predicted octanol–water partition coefficient (Wildman–Crippen LogP) is 3.49. The number of hydrogen-bond donors (Lipinski definition) is 1. The lowest BCUT2D eigenvalue weighted by molar-refractivity contribution is -0.143. The van der Waals surface area contributed by atoms with E-state index in [1.807, 2.05) is 35.7 Å². The lowest BCUT2D eigenvalue weighted by Crippen LogP contribution is -2.40. The van der Waals surface area contributed by atoms with Crippen LogP contribution in [0.2, 0.25) is 0 Å². The molecule has 1 N–H and O–H groups in total. The zero-order valence-corrected chi connectivity index (χ0v) is 14.6. The van der Waals surface area contributed by atoms with E-state index in [1.165, 1.54) is 23.5 Å². The first-order valence-electron chi connectivity index (χ1n) is 8.00. The van der Waals surface area contributed by atoms with Crippen molar-refractivity contribution in [2.75, 3.05) is 24.6 Å². The quantitative estimate of drug-likeness (QED) is 0.903. The fraction of sp³-hybridized carbons (Fsp3) is 0.529. The van der Waals surface area contributed by atoms with Gasteiger partial charge >= 0.3 is 5.97 Å². The Labute approximate surface area is 145 Å². The first-order chi connectivity index (χ1) is 11.1. The van der Waals surface area contributed by atoms with E-state index < -0.39 is 5.97 Å². The summed E-state index contributed by atoms with van der Waals surface area (Å²) in [5.74, 6) is 1.38. The normalized spacial score (nSPS) is 20.4. The van der Waals surface area contributed by atoms with Gasteiger partial charge in [0.15, 0.2) is 0 Å². The Hall–Kier alpha value is -1.14. The van der Waals surface area contributed by atoms with Gasteiger partial charge in [-0.25, -0.2) is 0 Å². The smallest absolute Gasteiger partial charge is 0.306 e. The Morgan fingerprint density at radius 3 is 2.22 bits per heavy atom. The van der Waals surface area contributed by atoms with Gasteiger partial charge in [0.1, 0.15) is 0 Å². The molecule has 0 unspecified atom stereocenters. The lowest BCUT2D eigenvalue weighted by atomic mass is 9.96. The average Bonchev–Trinajstić information content (AvgIpc) is 2.62. The monoisotopic (exact) mass is 351 g/mol. The fourth-order valence-corrected chi connectivity index (χ4v) is 5.87. The standard InChI is InChI=1S/C17H21NO3S2/c19-15(18-8-6-13(7-9-18)16(20)21)12-2-4-14(5-3-12)17-22-10-1-11-23-17/h2-5,13,17H,1,6-11H2,(H,20,21). The van der Waals surface area contributed by atoms with Gasteiger partial charge in [0.25, 0.3) is 5.91 Å². The third-order valence-electron chi connectivity index (χ3n) is 4.39. The zero-order valence-electron chi connectivity index (χ0n) is 12.9. The molecular formula is C17H21NO3S2. The van der Waals surface area contributed by atoms with Gasteiger partial charge in [-0.1, -0.05) is 12.1 Å². The number of carboxylic acid groups (broad SMARTS) is 1. The molecule has 0 saturated carbocycles. The summed E-state index contributed by atoms with van der Waals surface area (Å²) in [7, 11) is 0. The van der Waals surface area contributed by atoms with Crippen LogP contribution in [0.15, 0.2) is 24.3 Å². The number of nitrogens with zero attached hydrogens (tertiary/aromatic N) is 1. The molecule has 0 spiro atoms. The van der Waals surface area contributed by atoms with E-state index in [4.69, 9.17) is 5.11 Å². The van der Waals surface area contributed by atoms with Crippen LogP contribution in [-0.4, -0.2) is 46.5 Å². The van der Waals surface area contributed by atoms with Crippen molar-refractivity contribution in [1.29, 1.82) is 0 Å². The number of likely N-dealkylation sites (tertiary alicyclic amines) is 1. The summed E-state index contributed by atoms with van der Waals surface area (Å²) in [5, 5.41) is 9.03. The molecule has 124 valence electrons. The summed E-state index contributed by atoms with van der Waals surface area (Å²) in [5.41, 5.74) is 1.98. The molecule has 6 heteroatoms. The van der Waals surface area contributed by atoms with Crippen molar-refractivity contribution in [2.45, 2.75) is 23.8 Å². The molecule has 0 bridgehead atoms. The van der Waals surface area contributed by atoms with Crippen LogP contribution in [-0.2, 0) is 4.79 Å². The second kappa shape index (κ2) is 7.62. The Balaban J connectivity index is 1.60. The van der Waals surface area contributed by atoms with Crippen LogP contribution < -0.4 is 0 Å². The number of carbonyl (C=O) groups is 2. The van der Waals surface area contributed by atoms with Gasteiger partial charge in [-0.3, -0.25) is 9.59 Å². The molecule has 1 aromatic rings. The van der Waals surface area contributed by atoms with Crippen LogP contribution in [0, 0.1) is 5.92 Å². The number of carboxylic acids is 1. The van der Waals surface area contributed by atoms with Gasteiger partial charge in [0.2, 0.25) is 0 Å². The van der Waals surface area contributed by atoms with Crippen molar-refractivity contribution < 1.29 is 14.7 Å². The summed E-state index contributed by atoms with van der Waals surface area (Å²) in [6.07, 6.45) is 2.37. The van der Waals surface area contributed by atoms with E-state index in [2.05, 4.69) is 12.1 Å². The summed E-state index contributed by atoms with van der Waals surface area (Å²) < 4.78 is 0.485. The third kappa shape index (κ3) is 4.04. The van der Waals surface area contributed by atoms with E-state index in [-0.39, 0.29) is 11.8 Å². The Kier molecular flexibility index (Phi) is 5.54. The number of carbonyl (C=O) groups excluding carboxylic acids is 1. The molecule has 2 fully saturated rings. The van der Waals surface area contributed by atoms with Crippen molar-refractivity contribution in [3.05, 3.63) is 35.4 Å². The predicted molar refractivity (Wildman–Crippen MR) is 95.0 cm³/mol. The fourth-order valence-electron chi connectivity index (χ4n) is 2.98. The highest BCUT2D eigenvalue weighted by molar-refractivity contribution is 8.16. The van der Waals surface area contributed by atoms with E-state index in [0.29, 0.717) is 36.1 Å². The second-order valence-corrected chi connectivity index (χ2v) is 8.68. The second-order valence-electron chi connectivity index (χ2n) is 5.95. The van der Waals surface area contributed by atoms with Gasteiger partial charge in [-0.05, 0) is 48.5 Å². The first-order valence-corrected chi connectivity index (χ1v) is 10.1. The molecule has 1 aromatic carbocycles. The lowest BCUT2D eigenvalue weighted by Gasteiger charge is -2.30. The molecule has 2 saturated heterocycles. The highest BCUT2D eigenvalue weighted by Crippen LogP contribution is 2.43. The number of piperidine rings is 1. The minimum Gasteiger partial charge on any atom is -0.481 e. The summed E-state index contributed by atoms with van der Waals surface area (Å²) >= 11 is 3.95. The molecule has 0 aliphatic carbocycles. The van der Waals surface area contributed by atoms with Crippen molar-refractivity contribution in [2.24, 2.45) is 5.92 Å². The number of hydrogen-bond acceptors (Lipinski definition) is 4. The molecule has 4 nitrogen and oxygen atoms in total. The molecule has 0 radical (unpaired) electrons. The molecule has 3 rings (SSSR count). The van der Waals surface area contributed by atoms with Crippen LogP contribution in [0.5, 0.6) is 0 Å². The van der Waals surface area contributed by atoms with Gasteiger partial charge in [0, 0.05) is 18.7 Å². The molecule has 0 aromatic heterocycles. The molecule has 23 heavy (non-hydrogen) atoms. The van der Waals surface area contributed by atoms with E-state index >= 15 is 0 Å². The Morgan fingerprint density at radius 1 is 1.04 bits per heavy atom. The van der Waals surface area contributed by atoms with Crippen molar-refractivity contribution in [3.63, 3.8) is 0 Å². The highest BCUT2D eigenvalue weighted by atomic mass is 32.2. The molecule has 2 aliphatic rings. The van der Waals surface area contributed by atoms with Crippen molar-refractivity contribution in [1.82, 2.24) is 4.90 Å². The average molecular weight is 351 g/mol. The van der Waals surface area contributed by atoms with Crippen molar-refractivity contribution in [3.8, 4) is 0 Å². The van der Waals surface area contributed by atoms with Gasteiger partial charge in [0.05, 0.1) is 10.5 Å². The highest BCUT2D eigenvalue weighted by Gasteiger charge is 2.27. The summed E-state index contributed by atoms with van der Waals surface area (Å²) in [6, 6.07) is 7.95. The maximum atomic E-state index is 12.5. The minimum absolute atomic E-state index is 0.0179. The maximum Gasteiger partial charge on any atom is 0.306 e. The SMILES string of the molecule is O=C(O)C1CCN(C(=O)c2ccc(C3SCCCS3)cc2)CC1. The Bertz CT molecular complexity index is 562.